The smallest absolute Gasteiger partial charge is 0.306 e. The van der Waals surface area contributed by atoms with Gasteiger partial charge in [-0.25, -0.2) is 0 Å². The molecule has 0 saturated carbocycles. The maximum Gasteiger partial charge on any atom is 0.306 e. The molecule has 3 heteroatoms. The van der Waals surface area contributed by atoms with Crippen LogP contribution in [-0.2, 0) is 17.6 Å². The molecule has 0 bridgehead atoms. The molecule has 0 radical (unpaired) electrons. The van der Waals surface area contributed by atoms with E-state index in [1.807, 2.05) is 18.2 Å². The molecule has 0 saturated heterocycles. The Labute approximate surface area is 88.7 Å². The topological polar surface area (TPSA) is 46.5 Å². The number of carbonyl (C=O) groups is 1. The van der Waals surface area contributed by atoms with Gasteiger partial charge in [0.15, 0.2) is 0 Å². The molecule has 1 N–H and O–H groups in total. The number of carboxylic acids is 1. The first-order valence-electron chi connectivity index (χ1n) is 5.09. The molecule has 15 heavy (non-hydrogen) atoms. The summed E-state index contributed by atoms with van der Waals surface area (Å²) < 4.78 is 5.14. The molecule has 0 amide bonds. The quantitative estimate of drug-likeness (QED) is 0.803. The van der Waals surface area contributed by atoms with Gasteiger partial charge in [0, 0.05) is 0 Å². The molecule has 0 heterocycles. The summed E-state index contributed by atoms with van der Waals surface area (Å²) in [7, 11) is 1.64. The number of hydrogen-bond acceptors (Lipinski definition) is 2. The number of benzene rings is 1. The van der Waals surface area contributed by atoms with E-state index in [2.05, 4.69) is 0 Å². The SMILES string of the molecule is COc1ccc2c(c1)CC[C@@H](C(=O)O)C2. The molecule has 2 rings (SSSR count). The van der Waals surface area contributed by atoms with Crippen molar-refractivity contribution in [2.75, 3.05) is 7.11 Å². The molecule has 80 valence electrons. The Morgan fingerprint density at radius 1 is 1.47 bits per heavy atom. The third-order valence-electron chi connectivity index (χ3n) is 2.99. The molecule has 0 spiro atoms. The van der Waals surface area contributed by atoms with E-state index in [0.29, 0.717) is 6.42 Å². The summed E-state index contributed by atoms with van der Waals surface area (Å²) in [6.07, 6.45) is 2.22. The van der Waals surface area contributed by atoms with Crippen LogP contribution in [0.1, 0.15) is 17.5 Å². The Balaban J connectivity index is 2.24. The van der Waals surface area contributed by atoms with Crippen molar-refractivity contribution in [3.63, 3.8) is 0 Å². The van der Waals surface area contributed by atoms with Gasteiger partial charge in [0.05, 0.1) is 13.0 Å². The lowest BCUT2D eigenvalue weighted by Gasteiger charge is -2.21. The van der Waals surface area contributed by atoms with Gasteiger partial charge in [0.2, 0.25) is 0 Å². The minimum absolute atomic E-state index is 0.217. The maximum absolute atomic E-state index is 10.9. The summed E-state index contributed by atoms with van der Waals surface area (Å²) in [5, 5.41) is 8.94. The average Bonchev–Trinajstić information content (AvgIpc) is 2.27. The van der Waals surface area contributed by atoms with E-state index in [1.165, 1.54) is 5.56 Å². The fourth-order valence-electron chi connectivity index (χ4n) is 2.07. The molecular weight excluding hydrogens is 192 g/mol. The van der Waals surface area contributed by atoms with Crippen LogP contribution in [0.3, 0.4) is 0 Å². The number of rotatable bonds is 2. The highest BCUT2D eigenvalue weighted by molar-refractivity contribution is 5.71. The minimum Gasteiger partial charge on any atom is -0.497 e. The molecule has 1 aliphatic rings. The second-order valence-corrected chi connectivity index (χ2v) is 3.91. The molecule has 3 nitrogen and oxygen atoms in total. The highest BCUT2D eigenvalue weighted by Crippen LogP contribution is 2.28. The number of aryl methyl sites for hydroxylation is 1. The molecule has 0 unspecified atom stereocenters. The van der Waals surface area contributed by atoms with E-state index >= 15 is 0 Å². The number of ether oxygens (including phenoxy) is 1. The van der Waals surface area contributed by atoms with Crippen molar-refractivity contribution in [1.29, 1.82) is 0 Å². The molecule has 1 aromatic rings. The van der Waals surface area contributed by atoms with Crippen LogP contribution in [0.4, 0.5) is 0 Å². The Morgan fingerprint density at radius 2 is 2.27 bits per heavy atom. The summed E-state index contributed by atoms with van der Waals surface area (Å²) in [6.45, 7) is 0. The van der Waals surface area contributed by atoms with Crippen LogP contribution in [-0.4, -0.2) is 18.2 Å². The van der Waals surface area contributed by atoms with E-state index in [9.17, 15) is 4.79 Å². The van der Waals surface area contributed by atoms with Gasteiger partial charge in [-0.2, -0.15) is 0 Å². The minimum atomic E-state index is -0.684. The van der Waals surface area contributed by atoms with Crippen molar-refractivity contribution in [3.8, 4) is 5.75 Å². The lowest BCUT2D eigenvalue weighted by atomic mass is 9.84. The average molecular weight is 206 g/mol. The van der Waals surface area contributed by atoms with Gasteiger partial charge in [-0.3, -0.25) is 4.79 Å². The van der Waals surface area contributed by atoms with Crippen molar-refractivity contribution in [2.24, 2.45) is 5.92 Å². The second kappa shape index (κ2) is 3.93. The largest absolute Gasteiger partial charge is 0.497 e. The van der Waals surface area contributed by atoms with Crippen molar-refractivity contribution in [2.45, 2.75) is 19.3 Å². The Hall–Kier alpha value is -1.51. The van der Waals surface area contributed by atoms with E-state index in [1.54, 1.807) is 7.11 Å². The maximum atomic E-state index is 10.9. The normalized spacial score (nSPS) is 19.4. The zero-order valence-electron chi connectivity index (χ0n) is 8.69. The number of fused-ring (bicyclic) bond motifs is 1. The number of carboxylic acid groups (broad SMARTS) is 1. The molecular formula is C12H14O3. The Morgan fingerprint density at radius 3 is 2.93 bits per heavy atom. The number of methoxy groups -OCH3 is 1. The van der Waals surface area contributed by atoms with Gasteiger partial charge in [-0.1, -0.05) is 6.07 Å². The molecule has 0 fully saturated rings. The first kappa shape index (κ1) is 10.0. The monoisotopic (exact) mass is 206 g/mol. The van der Waals surface area contributed by atoms with E-state index in [4.69, 9.17) is 9.84 Å². The van der Waals surface area contributed by atoms with Gasteiger partial charge in [0.1, 0.15) is 5.75 Å². The number of aliphatic carboxylic acids is 1. The van der Waals surface area contributed by atoms with Crippen LogP contribution in [0.15, 0.2) is 18.2 Å². The van der Waals surface area contributed by atoms with Crippen molar-refractivity contribution < 1.29 is 14.6 Å². The van der Waals surface area contributed by atoms with Crippen LogP contribution < -0.4 is 4.74 Å². The fourth-order valence-corrected chi connectivity index (χ4v) is 2.07. The molecule has 1 aromatic carbocycles. The van der Waals surface area contributed by atoms with E-state index < -0.39 is 5.97 Å². The Kier molecular flexibility index (Phi) is 2.62. The lowest BCUT2D eigenvalue weighted by molar-refractivity contribution is -0.142. The van der Waals surface area contributed by atoms with Crippen LogP contribution in [0.2, 0.25) is 0 Å². The van der Waals surface area contributed by atoms with Gasteiger partial charge < -0.3 is 9.84 Å². The van der Waals surface area contributed by atoms with Gasteiger partial charge in [-0.15, -0.1) is 0 Å². The van der Waals surface area contributed by atoms with Crippen LogP contribution in [0.5, 0.6) is 5.75 Å². The van der Waals surface area contributed by atoms with Crippen molar-refractivity contribution >= 4 is 5.97 Å². The number of hydrogen-bond donors (Lipinski definition) is 1. The molecule has 1 atom stereocenters. The van der Waals surface area contributed by atoms with E-state index in [-0.39, 0.29) is 5.92 Å². The first-order valence-corrected chi connectivity index (χ1v) is 5.09. The third kappa shape index (κ3) is 1.96. The highest BCUT2D eigenvalue weighted by atomic mass is 16.5. The fraction of sp³-hybridized carbons (Fsp3) is 0.417. The molecule has 1 aliphatic carbocycles. The van der Waals surface area contributed by atoms with Crippen molar-refractivity contribution in [1.82, 2.24) is 0 Å². The summed E-state index contributed by atoms with van der Waals surface area (Å²) >= 11 is 0. The van der Waals surface area contributed by atoms with Gasteiger partial charge in [0.25, 0.3) is 0 Å². The van der Waals surface area contributed by atoms with Crippen LogP contribution >= 0.6 is 0 Å². The summed E-state index contributed by atoms with van der Waals surface area (Å²) in [5.41, 5.74) is 2.38. The summed E-state index contributed by atoms with van der Waals surface area (Å²) in [6, 6.07) is 5.87. The first-order chi connectivity index (χ1) is 7.20. The third-order valence-corrected chi connectivity index (χ3v) is 2.99. The zero-order valence-corrected chi connectivity index (χ0v) is 8.69. The highest BCUT2D eigenvalue weighted by Gasteiger charge is 2.24. The van der Waals surface area contributed by atoms with Crippen LogP contribution in [0.25, 0.3) is 0 Å². The van der Waals surface area contributed by atoms with Crippen LogP contribution in [0, 0.1) is 5.92 Å². The zero-order chi connectivity index (χ0) is 10.8. The Bertz CT molecular complexity index is 384. The summed E-state index contributed by atoms with van der Waals surface area (Å²) in [4.78, 5) is 10.9. The van der Waals surface area contributed by atoms with Gasteiger partial charge in [-0.05, 0) is 42.5 Å². The predicted octanol–water partition coefficient (Wildman–Crippen LogP) is 1.88. The van der Waals surface area contributed by atoms with E-state index in [0.717, 1.165) is 24.2 Å². The van der Waals surface area contributed by atoms with Crippen molar-refractivity contribution in [3.05, 3.63) is 29.3 Å². The van der Waals surface area contributed by atoms with Gasteiger partial charge >= 0.3 is 5.97 Å². The predicted molar refractivity (Wildman–Crippen MR) is 56.1 cm³/mol. The molecule has 0 aromatic heterocycles. The lowest BCUT2D eigenvalue weighted by Crippen LogP contribution is -2.22. The summed E-state index contributed by atoms with van der Waals surface area (Å²) in [5.74, 6) is -0.0510. The standard InChI is InChI=1S/C12H14O3/c1-15-11-5-4-8-6-10(12(13)14)3-2-9(8)7-11/h4-5,7,10H,2-3,6H2,1H3,(H,13,14)/t10-/m1/s1. The second-order valence-electron chi connectivity index (χ2n) is 3.91. The molecule has 0 aliphatic heterocycles.